The summed E-state index contributed by atoms with van der Waals surface area (Å²) in [6, 6.07) is 14.6. The molecule has 0 saturated carbocycles. The molecule has 1 N–H and O–H groups in total. The number of pyridine rings is 3. The Morgan fingerprint density at radius 2 is 1.85 bits per heavy atom. The molecule has 0 unspecified atom stereocenters. The first-order valence-electron chi connectivity index (χ1n) is 11.9. The lowest BCUT2D eigenvalue weighted by Gasteiger charge is -2.12. The van der Waals surface area contributed by atoms with E-state index in [2.05, 4.69) is 25.4 Å². The van der Waals surface area contributed by atoms with Gasteiger partial charge in [0.15, 0.2) is 6.10 Å². The normalized spacial score (nSPS) is 15.0. The van der Waals surface area contributed by atoms with Gasteiger partial charge in [0, 0.05) is 41.7 Å². The number of carbonyl (C=O) groups excluding carboxylic acids is 1. The minimum absolute atomic E-state index is 0.223. The number of aryl methyl sites for hydroxylation is 1. The molecule has 0 aliphatic carbocycles. The standard InChI is InChI=1S/C28H21F4N5O2/c1-16-5-6-22(34-13-16)17-8-18(24-12-26(39-37-24)23-4-2-3-7-33-23)10-19(9-17)27(38)36-15-25-21(29)11-20(14-35-25)28(30,31)32/h2-11,13-14,26H,12,15H2,1H3,(H,36,38)/t26-/m0/s1. The van der Waals surface area contributed by atoms with Crippen LogP contribution < -0.4 is 5.32 Å². The monoisotopic (exact) mass is 535 g/mol. The molecule has 0 spiro atoms. The molecule has 1 atom stereocenters. The second-order valence-electron chi connectivity index (χ2n) is 8.94. The van der Waals surface area contributed by atoms with Crippen molar-refractivity contribution in [3.05, 3.63) is 113 Å². The number of halogens is 4. The third-order valence-electron chi connectivity index (χ3n) is 6.08. The summed E-state index contributed by atoms with van der Waals surface area (Å²) in [4.78, 5) is 31.0. The minimum Gasteiger partial charge on any atom is -0.385 e. The molecular weight excluding hydrogens is 514 g/mol. The first kappa shape index (κ1) is 26.0. The average Bonchev–Trinajstić information content (AvgIpc) is 3.43. The molecule has 5 rings (SSSR count). The number of oxime groups is 1. The molecule has 4 aromatic rings. The van der Waals surface area contributed by atoms with E-state index in [4.69, 9.17) is 4.84 Å². The third kappa shape index (κ3) is 5.92. The van der Waals surface area contributed by atoms with Crippen LogP contribution in [0, 0.1) is 12.7 Å². The van der Waals surface area contributed by atoms with E-state index in [0.29, 0.717) is 41.2 Å². The van der Waals surface area contributed by atoms with E-state index in [1.807, 2.05) is 37.3 Å². The third-order valence-corrected chi connectivity index (χ3v) is 6.08. The van der Waals surface area contributed by atoms with E-state index >= 15 is 0 Å². The Labute approximate surface area is 220 Å². The molecule has 7 nitrogen and oxygen atoms in total. The number of rotatable bonds is 6. The lowest BCUT2D eigenvalue weighted by atomic mass is 9.96. The van der Waals surface area contributed by atoms with Crippen LogP contribution in [0.15, 0.2) is 78.3 Å². The van der Waals surface area contributed by atoms with Gasteiger partial charge >= 0.3 is 6.18 Å². The maximum Gasteiger partial charge on any atom is 0.417 e. The molecule has 1 amide bonds. The molecule has 1 aromatic carbocycles. The van der Waals surface area contributed by atoms with Crippen LogP contribution in [0.4, 0.5) is 17.6 Å². The number of amides is 1. The Morgan fingerprint density at radius 1 is 1.03 bits per heavy atom. The summed E-state index contributed by atoms with van der Waals surface area (Å²) in [6.45, 7) is 1.50. The Bertz CT molecular complexity index is 1540. The summed E-state index contributed by atoms with van der Waals surface area (Å²) in [6.07, 6.45) is -0.788. The van der Waals surface area contributed by atoms with Crippen molar-refractivity contribution >= 4 is 11.6 Å². The van der Waals surface area contributed by atoms with Gasteiger partial charge in [-0.05, 0) is 55.0 Å². The molecule has 39 heavy (non-hydrogen) atoms. The number of aromatic nitrogens is 3. The molecule has 4 heterocycles. The number of carbonyl (C=O) groups is 1. The van der Waals surface area contributed by atoms with Gasteiger partial charge in [-0.1, -0.05) is 17.3 Å². The van der Waals surface area contributed by atoms with E-state index in [-0.39, 0.29) is 17.4 Å². The van der Waals surface area contributed by atoms with Gasteiger partial charge in [-0.3, -0.25) is 19.7 Å². The zero-order chi connectivity index (χ0) is 27.6. The zero-order valence-corrected chi connectivity index (χ0v) is 20.5. The number of alkyl halides is 3. The molecule has 11 heteroatoms. The van der Waals surface area contributed by atoms with Crippen LogP contribution in [0.2, 0.25) is 0 Å². The van der Waals surface area contributed by atoms with Crippen LogP contribution in [0.1, 0.15) is 51.0 Å². The van der Waals surface area contributed by atoms with Crippen molar-refractivity contribution in [2.24, 2.45) is 5.16 Å². The second-order valence-corrected chi connectivity index (χ2v) is 8.94. The number of hydrogen-bond acceptors (Lipinski definition) is 6. The Balaban J connectivity index is 1.41. The molecule has 1 aliphatic rings. The number of nitrogens with one attached hydrogen (secondary N) is 1. The molecule has 1 aliphatic heterocycles. The Morgan fingerprint density at radius 3 is 2.54 bits per heavy atom. The summed E-state index contributed by atoms with van der Waals surface area (Å²) in [7, 11) is 0. The van der Waals surface area contributed by atoms with Gasteiger partial charge in [-0.25, -0.2) is 4.39 Å². The first-order valence-corrected chi connectivity index (χ1v) is 11.9. The van der Waals surface area contributed by atoms with Crippen molar-refractivity contribution in [3.8, 4) is 11.3 Å². The van der Waals surface area contributed by atoms with Crippen LogP contribution in [0.25, 0.3) is 11.3 Å². The van der Waals surface area contributed by atoms with Crippen LogP contribution in [0.3, 0.4) is 0 Å². The van der Waals surface area contributed by atoms with E-state index in [0.717, 1.165) is 11.3 Å². The highest BCUT2D eigenvalue weighted by Crippen LogP contribution is 2.31. The van der Waals surface area contributed by atoms with Crippen LogP contribution in [-0.2, 0) is 17.6 Å². The van der Waals surface area contributed by atoms with Crippen molar-refractivity contribution < 1.29 is 27.2 Å². The number of nitrogens with zero attached hydrogens (tertiary/aromatic N) is 4. The fraction of sp³-hybridized carbons (Fsp3) is 0.179. The fourth-order valence-electron chi connectivity index (χ4n) is 4.00. The maximum atomic E-state index is 14.2. The average molecular weight is 536 g/mol. The molecule has 0 radical (unpaired) electrons. The first-order chi connectivity index (χ1) is 18.7. The van der Waals surface area contributed by atoms with Gasteiger partial charge in [0.2, 0.25) is 0 Å². The maximum absolute atomic E-state index is 14.2. The largest absolute Gasteiger partial charge is 0.417 e. The molecule has 3 aromatic heterocycles. The van der Waals surface area contributed by atoms with E-state index < -0.39 is 30.0 Å². The topological polar surface area (TPSA) is 89.4 Å². The van der Waals surface area contributed by atoms with Crippen molar-refractivity contribution in [2.45, 2.75) is 32.2 Å². The van der Waals surface area contributed by atoms with Gasteiger partial charge in [-0.2, -0.15) is 13.2 Å². The highest BCUT2D eigenvalue weighted by Gasteiger charge is 2.32. The Kier molecular flexibility index (Phi) is 7.05. The highest BCUT2D eigenvalue weighted by atomic mass is 19.4. The molecule has 198 valence electrons. The molecule has 0 bridgehead atoms. The van der Waals surface area contributed by atoms with Crippen LogP contribution >= 0.6 is 0 Å². The van der Waals surface area contributed by atoms with Crippen LogP contribution in [0.5, 0.6) is 0 Å². The predicted molar refractivity (Wildman–Crippen MR) is 134 cm³/mol. The number of hydrogen-bond donors (Lipinski definition) is 1. The van der Waals surface area contributed by atoms with Gasteiger partial charge in [0.1, 0.15) is 5.82 Å². The SMILES string of the molecule is Cc1ccc(-c2cc(C(=O)NCc3ncc(C(F)(F)F)cc3F)cc(C3=NO[C@H](c4ccccn4)C3)c2)nc1. The van der Waals surface area contributed by atoms with Gasteiger partial charge < -0.3 is 10.2 Å². The van der Waals surface area contributed by atoms with Crippen molar-refractivity contribution in [1.82, 2.24) is 20.3 Å². The highest BCUT2D eigenvalue weighted by molar-refractivity contribution is 6.05. The fourth-order valence-corrected chi connectivity index (χ4v) is 4.00. The summed E-state index contributed by atoms with van der Waals surface area (Å²) < 4.78 is 52.7. The second kappa shape index (κ2) is 10.6. The Hall–Kier alpha value is -4.67. The number of benzene rings is 1. The van der Waals surface area contributed by atoms with E-state index in [9.17, 15) is 22.4 Å². The molecule has 0 fully saturated rings. The zero-order valence-electron chi connectivity index (χ0n) is 20.5. The smallest absolute Gasteiger partial charge is 0.385 e. The quantitative estimate of drug-likeness (QED) is 0.315. The lowest BCUT2D eigenvalue weighted by Crippen LogP contribution is -2.24. The lowest BCUT2D eigenvalue weighted by molar-refractivity contribution is -0.138. The van der Waals surface area contributed by atoms with E-state index in [1.165, 1.54) is 0 Å². The van der Waals surface area contributed by atoms with Crippen molar-refractivity contribution in [2.75, 3.05) is 0 Å². The molecule has 0 saturated heterocycles. The van der Waals surface area contributed by atoms with E-state index in [1.54, 1.807) is 30.6 Å². The van der Waals surface area contributed by atoms with Crippen molar-refractivity contribution in [1.29, 1.82) is 0 Å². The van der Waals surface area contributed by atoms with Gasteiger partial charge in [0.25, 0.3) is 5.91 Å². The van der Waals surface area contributed by atoms with Crippen LogP contribution in [-0.4, -0.2) is 26.6 Å². The van der Waals surface area contributed by atoms with Gasteiger partial charge in [-0.15, -0.1) is 0 Å². The summed E-state index contributed by atoms with van der Waals surface area (Å²) in [5.41, 5.74) is 2.86. The summed E-state index contributed by atoms with van der Waals surface area (Å²) in [5, 5.41) is 6.75. The molecular formula is C28H21F4N5O2. The van der Waals surface area contributed by atoms with Crippen molar-refractivity contribution in [3.63, 3.8) is 0 Å². The predicted octanol–water partition coefficient (Wildman–Crippen LogP) is 5.80. The van der Waals surface area contributed by atoms with Gasteiger partial charge in [0.05, 0.1) is 34.9 Å². The minimum atomic E-state index is -4.72. The summed E-state index contributed by atoms with van der Waals surface area (Å²) >= 11 is 0. The summed E-state index contributed by atoms with van der Waals surface area (Å²) in [5.74, 6) is -1.74.